The zero-order valence-electron chi connectivity index (χ0n) is 13.4. The van der Waals surface area contributed by atoms with Gasteiger partial charge in [0, 0.05) is 29.3 Å². The fraction of sp³-hybridized carbons (Fsp3) is 0.250. The van der Waals surface area contributed by atoms with Crippen molar-refractivity contribution in [3.05, 3.63) is 60.3 Å². The molecule has 0 amide bonds. The van der Waals surface area contributed by atoms with Gasteiger partial charge in [-0.1, -0.05) is 30.3 Å². The molecule has 24 heavy (non-hydrogen) atoms. The third-order valence-corrected chi connectivity index (χ3v) is 4.81. The quantitative estimate of drug-likeness (QED) is 0.678. The summed E-state index contributed by atoms with van der Waals surface area (Å²) in [6, 6.07) is 15.4. The van der Waals surface area contributed by atoms with Gasteiger partial charge >= 0.3 is 0 Å². The second kappa shape index (κ2) is 5.89. The maximum atomic E-state index is 10.9. The van der Waals surface area contributed by atoms with Crippen LogP contribution in [-0.2, 0) is 5.60 Å². The SMILES string of the molecule is Oc1c(-c2ccc3ncccc3c2)cccc1C1(O)CCCNC1. The van der Waals surface area contributed by atoms with E-state index in [0.29, 0.717) is 18.5 Å². The lowest BCUT2D eigenvalue weighted by molar-refractivity contribution is 0.0104. The average Bonchev–Trinajstić information content (AvgIpc) is 2.62. The normalized spacial score (nSPS) is 21.0. The number of fused-ring (bicyclic) bond motifs is 1. The van der Waals surface area contributed by atoms with Crippen molar-refractivity contribution >= 4 is 10.9 Å². The largest absolute Gasteiger partial charge is 0.507 e. The summed E-state index contributed by atoms with van der Waals surface area (Å²) in [5, 5.41) is 26.0. The van der Waals surface area contributed by atoms with Crippen LogP contribution in [-0.4, -0.2) is 28.3 Å². The number of piperidine rings is 1. The number of hydrogen-bond acceptors (Lipinski definition) is 4. The standard InChI is InChI=1S/C20H20N2O2/c23-19-16(14-7-8-18-15(12-14)4-2-11-22-18)5-1-6-17(19)20(24)9-3-10-21-13-20/h1-2,4-8,11-12,21,23-24H,3,9-10,13H2. The molecule has 0 bridgehead atoms. The third kappa shape index (κ3) is 2.54. The Labute approximate surface area is 140 Å². The molecule has 3 aromatic rings. The first kappa shape index (κ1) is 15.1. The Morgan fingerprint density at radius 1 is 1.08 bits per heavy atom. The van der Waals surface area contributed by atoms with Crippen molar-refractivity contribution in [3.8, 4) is 16.9 Å². The van der Waals surface area contributed by atoms with E-state index in [2.05, 4.69) is 10.3 Å². The molecule has 0 radical (unpaired) electrons. The Hall–Kier alpha value is -2.43. The number of phenols is 1. The summed E-state index contributed by atoms with van der Waals surface area (Å²) in [4.78, 5) is 4.33. The second-order valence-electron chi connectivity index (χ2n) is 6.42. The monoisotopic (exact) mass is 320 g/mol. The molecular weight excluding hydrogens is 300 g/mol. The lowest BCUT2D eigenvalue weighted by Crippen LogP contribution is -2.43. The van der Waals surface area contributed by atoms with Crippen LogP contribution in [0.2, 0.25) is 0 Å². The number of benzene rings is 2. The third-order valence-electron chi connectivity index (χ3n) is 4.81. The fourth-order valence-corrected chi connectivity index (χ4v) is 3.51. The van der Waals surface area contributed by atoms with Crippen LogP contribution < -0.4 is 5.32 Å². The molecule has 4 heteroatoms. The van der Waals surface area contributed by atoms with E-state index in [9.17, 15) is 10.2 Å². The minimum atomic E-state index is -1.02. The molecule has 4 rings (SSSR count). The molecule has 1 unspecified atom stereocenters. The summed E-state index contributed by atoms with van der Waals surface area (Å²) in [5.74, 6) is 0.159. The number of nitrogens with zero attached hydrogens (tertiary/aromatic N) is 1. The van der Waals surface area contributed by atoms with Gasteiger partial charge in [-0.05, 0) is 43.1 Å². The summed E-state index contributed by atoms with van der Waals surface area (Å²) in [5.41, 5.74) is 2.15. The number of nitrogens with one attached hydrogen (secondary N) is 1. The van der Waals surface area contributed by atoms with E-state index in [1.54, 1.807) is 6.20 Å². The Kier molecular flexibility index (Phi) is 3.71. The van der Waals surface area contributed by atoms with Gasteiger partial charge in [0.1, 0.15) is 11.4 Å². The van der Waals surface area contributed by atoms with Gasteiger partial charge in [-0.3, -0.25) is 4.98 Å². The molecule has 0 spiro atoms. The summed E-state index contributed by atoms with van der Waals surface area (Å²) in [6.07, 6.45) is 3.31. The minimum Gasteiger partial charge on any atom is -0.507 e. The number of pyridine rings is 1. The summed E-state index contributed by atoms with van der Waals surface area (Å²) < 4.78 is 0. The zero-order valence-corrected chi connectivity index (χ0v) is 13.4. The van der Waals surface area contributed by atoms with Gasteiger partial charge in [0.05, 0.1) is 5.52 Å². The number of aliphatic hydroxyl groups is 1. The molecule has 3 N–H and O–H groups in total. The highest BCUT2D eigenvalue weighted by molar-refractivity contribution is 5.86. The van der Waals surface area contributed by atoms with Crippen LogP contribution in [0.15, 0.2) is 54.7 Å². The number of β-amino-alcohol motifs (C(OH)–C–C–N with tert-alkyl or cyclic N) is 1. The van der Waals surface area contributed by atoms with E-state index in [-0.39, 0.29) is 5.75 Å². The highest BCUT2D eigenvalue weighted by atomic mass is 16.3. The average molecular weight is 320 g/mol. The molecule has 2 heterocycles. The van der Waals surface area contributed by atoms with Crippen LogP contribution in [0.5, 0.6) is 5.75 Å². The number of rotatable bonds is 2. The van der Waals surface area contributed by atoms with Crippen LogP contribution in [0.3, 0.4) is 0 Å². The molecule has 122 valence electrons. The first-order valence-corrected chi connectivity index (χ1v) is 8.28. The van der Waals surface area contributed by atoms with E-state index in [0.717, 1.165) is 35.0 Å². The molecule has 4 nitrogen and oxygen atoms in total. The number of phenolic OH excluding ortho intramolecular Hbond substituents is 1. The lowest BCUT2D eigenvalue weighted by atomic mass is 9.84. The molecule has 1 fully saturated rings. The number of hydrogen-bond donors (Lipinski definition) is 3. The Balaban J connectivity index is 1.82. The van der Waals surface area contributed by atoms with Crippen molar-refractivity contribution in [2.45, 2.75) is 18.4 Å². The van der Waals surface area contributed by atoms with Crippen molar-refractivity contribution in [1.29, 1.82) is 0 Å². The summed E-state index contributed by atoms with van der Waals surface area (Å²) >= 11 is 0. The van der Waals surface area contributed by atoms with E-state index in [4.69, 9.17) is 0 Å². The van der Waals surface area contributed by atoms with Crippen LogP contribution >= 0.6 is 0 Å². The lowest BCUT2D eigenvalue weighted by Gasteiger charge is -2.34. The molecule has 1 atom stereocenters. The van der Waals surface area contributed by atoms with Crippen LogP contribution in [0.25, 0.3) is 22.0 Å². The predicted octanol–water partition coefficient (Wildman–Crippen LogP) is 3.18. The minimum absolute atomic E-state index is 0.159. The molecule has 2 aromatic carbocycles. The van der Waals surface area contributed by atoms with Gasteiger partial charge in [-0.2, -0.15) is 0 Å². The molecular formula is C20H20N2O2. The van der Waals surface area contributed by atoms with Gasteiger partial charge < -0.3 is 15.5 Å². The van der Waals surface area contributed by atoms with Gasteiger partial charge in [0.25, 0.3) is 0 Å². The topological polar surface area (TPSA) is 65.4 Å². The zero-order chi connectivity index (χ0) is 16.6. The molecule has 0 saturated carbocycles. The van der Waals surface area contributed by atoms with Gasteiger partial charge in [0.15, 0.2) is 0 Å². The van der Waals surface area contributed by atoms with Crippen molar-refractivity contribution < 1.29 is 10.2 Å². The molecule has 1 aliphatic rings. The highest BCUT2D eigenvalue weighted by Crippen LogP contribution is 2.40. The van der Waals surface area contributed by atoms with Crippen molar-refractivity contribution in [2.24, 2.45) is 0 Å². The second-order valence-corrected chi connectivity index (χ2v) is 6.42. The van der Waals surface area contributed by atoms with E-state index in [1.807, 2.05) is 48.5 Å². The summed E-state index contributed by atoms with van der Waals surface area (Å²) in [6.45, 7) is 1.37. The highest BCUT2D eigenvalue weighted by Gasteiger charge is 2.34. The number of para-hydroxylation sites is 1. The Morgan fingerprint density at radius 2 is 2.00 bits per heavy atom. The molecule has 0 aliphatic carbocycles. The molecule has 1 saturated heterocycles. The van der Waals surface area contributed by atoms with E-state index >= 15 is 0 Å². The van der Waals surface area contributed by atoms with E-state index in [1.165, 1.54) is 0 Å². The van der Waals surface area contributed by atoms with Crippen molar-refractivity contribution in [2.75, 3.05) is 13.1 Å². The van der Waals surface area contributed by atoms with Crippen molar-refractivity contribution in [3.63, 3.8) is 0 Å². The van der Waals surface area contributed by atoms with Crippen LogP contribution in [0, 0.1) is 0 Å². The van der Waals surface area contributed by atoms with E-state index < -0.39 is 5.60 Å². The van der Waals surface area contributed by atoms with Gasteiger partial charge in [0.2, 0.25) is 0 Å². The van der Waals surface area contributed by atoms with Gasteiger partial charge in [-0.15, -0.1) is 0 Å². The predicted molar refractivity (Wildman–Crippen MR) is 94.8 cm³/mol. The van der Waals surface area contributed by atoms with Crippen LogP contribution in [0.4, 0.5) is 0 Å². The maximum Gasteiger partial charge on any atom is 0.129 e. The number of aromatic hydroxyl groups is 1. The number of aromatic nitrogens is 1. The smallest absolute Gasteiger partial charge is 0.129 e. The first-order valence-electron chi connectivity index (χ1n) is 8.28. The van der Waals surface area contributed by atoms with Gasteiger partial charge in [-0.25, -0.2) is 0 Å². The Bertz CT molecular complexity index is 886. The van der Waals surface area contributed by atoms with Crippen LogP contribution in [0.1, 0.15) is 18.4 Å². The Morgan fingerprint density at radius 3 is 2.83 bits per heavy atom. The maximum absolute atomic E-state index is 10.9. The molecule has 1 aromatic heterocycles. The summed E-state index contributed by atoms with van der Waals surface area (Å²) in [7, 11) is 0. The fourth-order valence-electron chi connectivity index (χ4n) is 3.51. The molecule has 1 aliphatic heterocycles. The van der Waals surface area contributed by atoms with Crippen molar-refractivity contribution in [1.82, 2.24) is 10.3 Å². The first-order chi connectivity index (χ1) is 11.7.